The molecule has 0 saturated heterocycles. The van der Waals surface area contributed by atoms with E-state index in [9.17, 15) is 9.59 Å². The largest absolute Gasteiger partial charge is 0.347 e. The number of hydrogen-bond donors (Lipinski definition) is 1. The first-order valence-corrected chi connectivity index (χ1v) is 9.24. The molecule has 0 atom stereocenters. The Morgan fingerprint density at radius 2 is 1.96 bits per heavy atom. The third-order valence-electron chi connectivity index (χ3n) is 3.98. The van der Waals surface area contributed by atoms with Gasteiger partial charge < -0.3 is 10.2 Å². The SMILES string of the molecule is Cc1nn(Cc2ccc(Cl)cc2)c2sc(C(=O)NCC(=O)N(C)C)cc12. The second-order valence-electron chi connectivity index (χ2n) is 6.17. The predicted molar refractivity (Wildman–Crippen MR) is 104 cm³/mol. The average molecular weight is 391 g/mol. The summed E-state index contributed by atoms with van der Waals surface area (Å²) in [5.74, 6) is -0.400. The van der Waals surface area contributed by atoms with Crippen molar-refractivity contribution >= 4 is 45.0 Å². The zero-order chi connectivity index (χ0) is 18.8. The molecule has 0 saturated carbocycles. The number of halogens is 1. The van der Waals surface area contributed by atoms with E-state index in [-0.39, 0.29) is 18.4 Å². The van der Waals surface area contributed by atoms with E-state index in [1.165, 1.54) is 16.2 Å². The van der Waals surface area contributed by atoms with Gasteiger partial charge in [0.15, 0.2) is 0 Å². The van der Waals surface area contributed by atoms with Crippen LogP contribution in [0.1, 0.15) is 20.9 Å². The summed E-state index contributed by atoms with van der Waals surface area (Å²) in [5.41, 5.74) is 1.95. The van der Waals surface area contributed by atoms with Gasteiger partial charge in [0.25, 0.3) is 5.91 Å². The molecule has 8 heteroatoms. The molecule has 0 unspecified atom stereocenters. The fourth-order valence-electron chi connectivity index (χ4n) is 2.50. The lowest BCUT2D eigenvalue weighted by Crippen LogP contribution is -2.35. The third kappa shape index (κ3) is 3.89. The highest BCUT2D eigenvalue weighted by Crippen LogP contribution is 2.29. The van der Waals surface area contributed by atoms with E-state index in [1.807, 2.05) is 41.9 Å². The summed E-state index contributed by atoms with van der Waals surface area (Å²) >= 11 is 7.30. The van der Waals surface area contributed by atoms with E-state index >= 15 is 0 Å². The number of carbonyl (C=O) groups is 2. The molecule has 2 amide bonds. The second kappa shape index (κ2) is 7.47. The Hall–Kier alpha value is -2.38. The molecule has 26 heavy (non-hydrogen) atoms. The molecule has 0 radical (unpaired) electrons. The Balaban J connectivity index is 1.81. The van der Waals surface area contributed by atoms with Crippen LogP contribution in [0.2, 0.25) is 5.02 Å². The van der Waals surface area contributed by atoms with Gasteiger partial charge in [-0.3, -0.25) is 14.3 Å². The number of aryl methyl sites for hydroxylation is 1. The van der Waals surface area contributed by atoms with Crippen molar-refractivity contribution in [1.82, 2.24) is 20.0 Å². The summed E-state index contributed by atoms with van der Waals surface area (Å²) in [6.07, 6.45) is 0. The molecule has 3 aromatic rings. The lowest BCUT2D eigenvalue weighted by atomic mass is 10.2. The molecule has 2 heterocycles. The molecule has 0 aliphatic carbocycles. The third-order valence-corrected chi connectivity index (χ3v) is 5.37. The van der Waals surface area contributed by atoms with Crippen molar-refractivity contribution in [2.75, 3.05) is 20.6 Å². The van der Waals surface area contributed by atoms with E-state index < -0.39 is 0 Å². The molecule has 136 valence electrons. The standard InChI is InChI=1S/C18H19ClN4O2S/c1-11-14-8-15(17(25)20-9-16(24)22(2)3)26-18(14)23(21-11)10-12-4-6-13(19)7-5-12/h4-8H,9-10H2,1-3H3,(H,20,25). The normalized spacial score (nSPS) is 10.9. The number of aromatic nitrogens is 2. The lowest BCUT2D eigenvalue weighted by Gasteiger charge is -2.10. The Morgan fingerprint density at radius 3 is 2.62 bits per heavy atom. The average Bonchev–Trinajstić information content (AvgIpc) is 3.16. The van der Waals surface area contributed by atoms with Crippen LogP contribution in [0.4, 0.5) is 0 Å². The highest BCUT2D eigenvalue weighted by atomic mass is 35.5. The van der Waals surface area contributed by atoms with Gasteiger partial charge >= 0.3 is 0 Å². The van der Waals surface area contributed by atoms with Crippen molar-refractivity contribution in [3.05, 3.63) is 51.5 Å². The molecule has 0 aliphatic heterocycles. The first-order chi connectivity index (χ1) is 12.3. The van der Waals surface area contributed by atoms with Gasteiger partial charge in [0.1, 0.15) is 4.83 Å². The molecule has 0 bridgehead atoms. The maximum absolute atomic E-state index is 12.3. The highest BCUT2D eigenvalue weighted by Gasteiger charge is 2.17. The summed E-state index contributed by atoms with van der Waals surface area (Å²) in [7, 11) is 3.31. The fourth-order valence-corrected chi connectivity index (χ4v) is 3.70. The van der Waals surface area contributed by atoms with Crippen LogP contribution < -0.4 is 5.32 Å². The minimum atomic E-state index is -0.251. The second-order valence-corrected chi connectivity index (χ2v) is 7.64. The number of fused-ring (bicyclic) bond motifs is 1. The van der Waals surface area contributed by atoms with Gasteiger partial charge in [-0.05, 0) is 30.7 Å². The van der Waals surface area contributed by atoms with Gasteiger partial charge in [-0.2, -0.15) is 5.10 Å². The van der Waals surface area contributed by atoms with Gasteiger partial charge in [0, 0.05) is 24.5 Å². The Bertz CT molecular complexity index is 960. The number of carbonyl (C=O) groups excluding carboxylic acids is 2. The molecule has 2 aromatic heterocycles. The number of nitrogens with zero attached hydrogens (tertiary/aromatic N) is 3. The number of nitrogens with one attached hydrogen (secondary N) is 1. The molecule has 0 fully saturated rings. The number of rotatable bonds is 5. The molecule has 0 aliphatic rings. The molecule has 1 N–H and O–H groups in total. The van der Waals surface area contributed by atoms with Crippen LogP contribution in [0, 0.1) is 6.92 Å². The Kier molecular flexibility index (Phi) is 5.29. The smallest absolute Gasteiger partial charge is 0.261 e. The van der Waals surface area contributed by atoms with Crippen molar-refractivity contribution in [3.63, 3.8) is 0 Å². The lowest BCUT2D eigenvalue weighted by molar-refractivity contribution is -0.127. The van der Waals surface area contributed by atoms with E-state index in [0.29, 0.717) is 16.4 Å². The first kappa shape index (κ1) is 18.4. The first-order valence-electron chi connectivity index (χ1n) is 8.05. The summed E-state index contributed by atoms with van der Waals surface area (Å²) in [6, 6.07) is 9.44. The van der Waals surface area contributed by atoms with E-state index in [2.05, 4.69) is 10.4 Å². The number of hydrogen-bond acceptors (Lipinski definition) is 4. The minimum Gasteiger partial charge on any atom is -0.347 e. The molecular formula is C18H19ClN4O2S. The van der Waals surface area contributed by atoms with Crippen LogP contribution in [0.15, 0.2) is 30.3 Å². The maximum atomic E-state index is 12.3. The zero-order valence-electron chi connectivity index (χ0n) is 14.7. The molecule has 3 rings (SSSR count). The van der Waals surface area contributed by atoms with Crippen molar-refractivity contribution in [1.29, 1.82) is 0 Å². The van der Waals surface area contributed by atoms with Crippen molar-refractivity contribution < 1.29 is 9.59 Å². The van der Waals surface area contributed by atoms with Gasteiger partial charge in [-0.15, -0.1) is 11.3 Å². The van der Waals surface area contributed by atoms with Crippen LogP contribution in [0.25, 0.3) is 10.2 Å². The van der Waals surface area contributed by atoms with Crippen LogP contribution in [-0.2, 0) is 11.3 Å². The zero-order valence-corrected chi connectivity index (χ0v) is 16.3. The van der Waals surface area contributed by atoms with Crippen LogP contribution in [-0.4, -0.2) is 47.1 Å². The fraction of sp³-hybridized carbons (Fsp3) is 0.278. The van der Waals surface area contributed by atoms with Crippen molar-refractivity contribution in [2.24, 2.45) is 0 Å². The Labute approximate surface area is 160 Å². The number of thiophene rings is 1. The summed E-state index contributed by atoms with van der Waals surface area (Å²) < 4.78 is 1.89. The van der Waals surface area contributed by atoms with Gasteiger partial charge in [-0.1, -0.05) is 23.7 Å². The number of amides is 2. The summed E-state index contributed by atoms with van der Waals surface area (Å²) in [4.78, 5) is 26.9. The van der Waals surface area contributed by atoms with Crippen LogP contribution in [0.5, 0.6) is 0 Å². The monoisotopic (exact) mass is 390 g/mol. The minimum absolute atomic E-state index is 0.0179. The highest BCUT2D eigenvalue weighted by molar-refractivity contribution is 7.20. The van der Waals surface area contributed by atoms with Crippen molar-refractivity contribution in [2.45, 2.75) is 13.5 Å². The van der Waals surface area contributed by atoms with Gasteiger partial charge in [-0.25, -0.2) is 0 Å². The molecular weight excluding hydrogens is 372 g/mol. The quantitative estimate of drug-likeness (QED) is 0.728. The van der Waals surface area contributed by atoms with Crippen molar-refractivity contribution in [3.8, 4) is 0 Å². The van der Waals surface area contributed by atoms with Crippen LogP contribution in [0.3, 0.4) is 0 Å². The summed E-state index contributed by atoms with van der Waals surface area (Å²) in [5, 5.41) is 8.87. The predicted octanol–water partition coefficient (Wildman–Crippen LogP) is 2.93. The topological polar surface area (TPSA) is 67.2 Å². The maximum Gasteiger partial charge on any atom is 0.261 e. The molecule has 1 aromatic carbocycles. The van der Waals surface area contributed by atoms with E-state index in [1.54, 1.807) is 14.1 Å². The number of benzene rings is 1. The van der Waals surface area contributed by atoms with E-state index in [4.69, 9.17) is 11.6 Å². The van der Waals surface area contributed by atoms with Gasteiger partial charge in [0.05, 0.1) is 23.7 Å². The van der Waals surface area contributed by atoms with Crippen LogP contribution >= 0.6 is 22.9 Å². The molecule has 0 spiro atoms. The Morgan fingerprint density at radius 1 is 1.27 bits per heavy atom. The van der Waals surface area contributed by atoms with Gasteiger partial charge in [0.2, 0.25) is 5.91 Å². The number of likely N-dealkylation sites (N-methyl/N-ethyl adjacent to an activating group) is 1. The van der Waals surface area contributed by atoms with E-state index in [0.717, 1.165) is 21.5 Å². The summed E-state index contributed by atoms with van der Waals surface area (Å²) in [6.45, 7) is 2.50. The molecule has 6 nitrogen and oxygen atoms in total.